The highest BCUT2D eigenvalue weighted by molar-refractivity contribution is 5.42. The Labute approximate surface area is 151 Å². The minimum atomic E-state index is 0.170. The Morgan fingerprint density at radius 2 is 1.88 bits per heavy atom. The quantitative estimate of drug-likeness (QED) is 0.926. The average Bonchev–Trinajstić information content (AvgIpc) is 2.68. The first-order valence-corrected chi connectivity index (χ1v) is 9.48. The number of fused-ring (bicyclic) bond motifs is 2. The van der Waals surface area contributed by atoms with Gasteiger partial charge < -0.3 is 15.0 Å². The van der Waals surface area contributed by atoms with Crippen LogP contribution in [-0.4, -0.2) is 38.2 Å². The van der Waals surface area contributed by atoms with Gasteiger partial charge in [-0.15, -0.1) is 0 Å². The van der Waals surface area contributed by atoms with Crippen molar-refractivity contribution in [2.24, 2.45) is 0 Å². The van der Waals surface area contributed by atoms with Crippen molar-refractivity contribution in [3.05, 3.63) is 65.2 Å². The monoisotopic (exact) mass is 336 g/mol. The molecule has 25 heavy (non-hydrogen) atoms. The van der Waals surface area contributed by atoms with E-state index in [-0.39, 0.29) is 5.54 Å². The Morgan fingerprint density at radius 3 is 2.64 bits per heavy atom. The number of nitrogens with one attached hydrogen (secondary N) is 1. The molecule has 1 fully saturated rings. The number of piperidine rings is 1. The van der Waals surface area contributed by atoms with Crippen molar-refractivity contribution in [1.29, 1.82) is 0 Å². The van der Waals surface area contributed by atoms with Crippen LogP contribution < -0.4 is 10.1 Å². The second kappa shape index (κ2) is 7.19. The molecule has 0 bridgehead atoms. The molecule has 132 valence electrons. The first-order valence-electron chi connectivity index (χ1n) is 9.48. The Morgan fingerprint density at radius 1 is 1.08 bits per heavy atom. The molecule has 2 aromatic carbocycles. The number of rotatable bonds is 4. The smallest absolute Gasteiger partial charge is 0.119 e. The summed E-state index contributed by atoms with van der Waals surface area (Å²) in [5.41, 5.74) is 4.58. The molecule has 2 heterocycles. The summed E-state index contributed by atoms with van der Waals surface area (Å²) in [5.74, 6) is 0.982. The molecule has 2 aliphatic rings. The van der Waals surface area contributed by atoms with Crippen molar-refractivity contribution < 1.29 is 4.74 Å². The standard InChI is InChI=1S/C22H28N2O/c1-25-20-7-8-21-19(17-20)9-13-23-22(21)11-15-24(16-12-22)14-10-18-5-3-2-4-6-18/h2-8,17,23H,9-16H2,1H3. The van der Waals surface area contributed by atoms with Crippen LogP contribution in [0, 0.1) is 0 Å². The van der Waals surface area contributed by atoms with E-state index in [2.05, 4.69) is 58.7 Å². The maximum absolute atomic E-state index is 5.42. The Kier molecular flexibility index (Phi) is 4.78. The summed E-state index contributed by atoms with van der Waals surface area (Å²) < 4.78 is 5.42. The molecule has 1 N–H and O–H groups in total. The normalized spacial score (nSPS) is 19.6. The number of ether oxygens (including phenoxy) is 1. The van der Waals surface area contributed by atoms with Crippen molar-refractivity contribution in [2.45, 2.75) is 31.2 Å². The van der Waals surface area contributed by atoms with Crippen LogP contribution >= 0.6 is 0 Å². The zero-order chi connectivity index (χ0) is 17.1. The minimum Gasteiger partial charge on any atom is -0.497 e. The highest BCUT2D eigenvalue weighted by atomic mass is 16.5. The van der Waals surface area contributed by atoms with Gasteiger partial charge in [-0.2, -0.15) is 0 Å². The molecular weight excluding hydrogens is 308 g/mol. The Hall–Kier alpha value is -1.84. The molecule has 0 atom stereocenters. The summed E-state index contributed by atoms with van der Waals surface area (Å²) in [4.78, 5) is 2.62. The molecule has 1 saturated heterocycles. The van der Waals surface area contributed by atoms with Gasteiger partial charge in [0.05, 0.1) is 7.11 Å². The Balaban J connectivity index is 1.41. The van der Waals surface area contributed by atoms with Gasteiger partial charge in [0, 0.05) is 31.7 Å². The third kappa shape index (κ3) is 3.44. The van der Waals surface area contributed by atoms with Gasteiger partial charge in [0.2, 0.25) is 0 Å². The SMILES string of the molecule is COc1ccc2c(c1)CCNC21CCN(CCc2ccccc2)CC1. The maximum Gasteiger partial charge on any atom is 0.119 e. The van der Waals surface area contributed by atoms with Crippen LogP contribution in [0.2, 0.25) is 0 Å². The first kappa shape index (κ1) is 16.6. The van der Waals surface area contributed by atoms with Crippen LogP contribution in [0.4, 0.5) is 0 Å². The van der Waals surface area contributed by atoms with E-state index in [0.717, 1.165) is 31.7 Å². The van der Waals surface area contributed by atoms with E-state index in [4.69, 9.17) is 4.74 Å². The molecule has 0 radical (unpaired) electrons. The third-order valence-corrected chi connectivity index (χ3v) is 5.95. The number of hydrogen-bond acceptors (Lipinski definition) is 3. The second-order valence-corrected chi connectivity index (χ2v) is 7.36. The molecule has 1 spiro atoms. The average molecular weight is 336 g/mol. The molecule has 3 nitrogen and oxygen atoms in total. The first-order chi connectivity index (χ1) is 12.3. The molecule has 2 aromatic rings. The zero-order valence-corrected chi connectivity index (χ0v) is 15.1. The van der Waals surface area contributed by atoms with Crippen LogP contribution in [0.1, 0.15) is 29.5 Å². The van der Waals surface area contributed by atoms with E-state index in [1.165, 1.54) is 42.6 Å². The van der Waals surface area contributed by atoms with Crippen LogP contribution in [0.5, 0.6) is 5.75 Å². The molecule has 0 aliphatic carbocycles. The molecule has 2 aliphatic heterocycles. The van der Waals surface area contributed by atoms with Gasteiger partial charge in [-0.3, -0.25) is 0 Å². The lowest BCUT2D eigenvalue weighted by Gasteiger charge is -2.46. The lowest BCUT2D eigenvalue weighted by molar-refractivity contribution is 0.130. The predicted octanol–water partition coefficient (Wildman–Crippen LogP) is 3.37. The van der Waals surface area contributed by atoms with Crippen molar-refractivity contribution >= 4 is 0 Å². The molecule has 0 saturated carbocycles. The Bertz CT molecular complexity index is 705. The fourth-order valence-electron chi connectivity index (χ4n) is 4.44. The third-order valence-electron chi connectivity index (χ3n) is 5.95. The van der Waals surface area contributed by atoms with Crippen molar-refractivity contribution in [3.8, 4) is 5.75 Å². The number of methoxy groups -OCH3 is 1. The summed E-state index contributed by atoms with van der Waals surface area (Å²) in [6.07, 6.45) is 4.64. The molecule has 0 aromatic heterocycles. The van der Waals surface area contributed by atoms with Gasteiger partial charge in [0.1, 0.15) is 5.75 Å². The van der Waals surface area contributed by atoms with Gasteiger partial charge in [-0.1, -0.05) is 36.4 Å². The van der Waals surface area contributed by atoms with Gasteiger partial charge in [-0.25, -0.2) is 0 Å². The van der Waals surface area contributed by atoms with E-state index in [0.29, 0.717) is 0 Å². The van der Waals surface area contributed by atoms with Crippen molar-refractivity contribution in [3.63, 3.8) is 0 Å². The van der Waals surface area contributed by atoms with Gasteiger partial charge in [-0.05, 0) is 54.5 Å². The highest BCUT2D eigenvalue weighted by Gasteiger charge is 2.39. The molecule has 4 rings (SSSR count). The van der Waals surface area contributed by atoms with E-state index < -0.39 is 0 Å². The summed E-state index contributed by atoms with van der Waals surface area (Å²) >= 11 is 0. The van der Waals surface area contributed by atoms with Gasteiger partial charge in [0.15, 0.2) is 0 Å². The minimum absolute atomic E-state index is 0.170. The van der Waals surface area contributed by atoms with Crippen LogP contribution in [-0.2, 0) is 18.4 Å². The van der Waals surface area contributed by atoms with E-state index in [1.807, 2.05) is 0 Å². The summed E-state index contributed by atoms with van der Waals surface area (Å²) in [6.45, 7) is 4.58. The number of hydrogen-bond donors (Lipinski definition) is 1. The summed E-state index contributed by atoms with van der Waals surface area (Å²) in [5, 5.41) is 3.85. The maximum atomic E-state index is 5.42. The summed E-state index contributed by atoms with van der Waals surface area (Å²) in [6, 6.07) is 17.5. The van der Waals surface area contributed by atoms with Crippen LogP contribution in [0.3, 0.4) is 0 Å². The largest absolute Gasteiger partial charge is 0.497 e. The fraction of sp³-hybridized carbons (Fsp3) is 0.455. The van der Waals surface area contributed by atoms with Crippen molar-refractivity contribution in [1.82, 2.24) is 10.2 Å². The highest BCUT2D eigenvalue weighted by Crippen LogP contribution is 2.38. The van der Waals surface area contributed by atoms with Crippen LogP contribution in [0.15, 0.2) is 48.5 Å². The molecule has 0 amide bonds. The number of nitrogens with zero attached hydrogens (tertiary/aromatic N) is 1. The molecule has 3 heteroatoms. The van der Waals surface area contributed by atoms with E-state index in [9.17, 15) is 0 Å². The lowest BCUT2D eigenvalue weighted by atomic mass is 9.75. The zero-order valence-electron chi connectivity index (χ0n) is 15.1. The number of benzene rings is 2. The van der Waals surface area contributed by atoms with Crippen molar-refractivity contribution in [2.75, 3.05) is 33.3 Å². The second-order valence-electron chi connectivity index (χ2n) is 7.36. The van der Waals surface area contributed by atoms with E-state index >= 15 is 0 Å². The molecular formula is C22H28N2O. The molecule has 0 unspecified atom stereocenters. The summed E-state index contributed by atoms with van der Waals surface area (Å²) in [7, 11) is 1.75. The van der Waals surface area contributed by atoms with E-state index in [1.54, 1.807) is 7.11 Å². The number of likely N-dealkylation sites (tertiary alicyclic amines) is 1. The predicted molar refractivity (Wildman–Crippen MR) is 102 cm³/mol. The van der Waals surface area contributed by atoms with Gasteiger partial charge >= 0.3 is 0 Å². The van der Waals surface area contributed by atoms with Gasteiger partial charge in [0.25, 0.3) is 0 Å². The topological polar surface area (TPSA) is 24.5 Å². The lowest BCUT2D eigenvalue weighted by Crippen LogP contribution is -2.54. The fourth-order valence-corrected chi connectivity index (χ4v) is 4.44. The van der Waals surface area contributed by atoms with Crippen LogP contribution in [0.25, 0.3) is 0 Å².